The number of nitrogens with two attached hydrogens (primary N) is 2. The number of hydrogen-bond acceptors (Lipinski definition) is 16. The van der Waals surface area contributed by atoms with Gasteiger partial charge in [-0.2, -0.15) is 0 Å². The number of likely N-dealkylation sites (N-methyl/N-ethyl adjacent to an activating group) is 1. The van der Waals surface area contributed by atoms with E-state index in [1.165, 1.54) is 6.92 Å². The first-order chi connectivity index (χ1) is 22.5. The van der Waals surface area contributed by atoms with Gasteiger partial charge in [-0.1, -0.05) is 0 Å². The van der Waals surface area contributed by atoms with E-state index in [0.717, 1.165) is 0 Å². The van der Waals surface area contributed by atoms with Crippen molar-refractivity contribution in [3.05, 3.63) is 11.8 Å². The molecule has 0 aromatic carbocycles. The molecule has 12 atom stereocenters. The van der Waals surface area contributed by atoms with Crippen molar-refractivity contribution < 1.29 is 58.8 Å². The molecule has 18 nitrogen and oxygen atoms in total. The van der Waals surface area contributed by atoms with Gasteiger partial charge in [0.2, 0.25) is 12.2 Å². The first-order valence-corrected chi connectivity index (χ1v) is 16.3. The summed E-state index contributed by atoms with van der Waals surface area (Å²) in [5.74, 6) is -0.299. The molecule has 1 aliphatic carbocycles. The number of aliphatic hydroxyl groups is 5. The minimum absolute atomic E-state index is 0.0120. The lowest BCUT2D eigenvalue weighted by Crippen LogP contribution is -2.69. The fourth-order valence-corrected chi connectivity index (χ4v) is 5.94. The van der Waals surface area contributed by atoms with E-state index in [9.17, 15) is 30.0 Å². The summed E-state index contributed by atoms with van der Waals surface area (Å²) in [6, 6.07) is -3.55. The van der Waals surface area contributed by atoms with Crippen molar-refractivity contribution in [3.63, 3.8) is 0 Å². The predicted molar refractivity (Wildman–Crippen MR) is 170 cm³/mol. The van der Waals surface area contributed by atoms with E-state index in [-0.39, 0.29) is 45.6 Å². The van der Waals surface area contributed by atoms with Crippen LogP contribution in [0.3, 0.4) is 0 Å². The standard InChI is InChI=1S/C30H56N6O12/c1-29(2,3)48-28(42)36-17-7-6-15(13-34-10-11-37)45-26(17)46-22-16(32)12-18(35-25(41)19(38)8-9-31)23(20(22)39)47-27-21(40)24(33-5)30(4,43)14-44-27/h6,16-24,26-27,33-34,37-40,43H,7-14,31-32H2,1-5H3,(H,35,41)(H,36,42)/t16-,17+,18+,19-,20-,21+,22+,23-,24+,26+,27+,30-/m0/s1. The number of carbonyl (C=O) groups is 2. The molecule has 278 valence electrons. The summed E-state index contributed by atoms with van der Waals surface area (Å²) in [5, 5.41) is 64.2. The number of rotatable bonds is 14. The Kier molecular flexibility index (Phi) is 14.8. The number of amides is 2. The summed E-state index contributed by atoms with van der Waals surface area (Å²) in [6.07, 6.45) is -8.14. The lowest BCUT2D eigenvalue weighted by atomic mass is 9.83. The quantitative estimate of drug-likeness (QED) is 0.0779. The highest BCUT2D eigenvalue weighted by Gasteiger charge is 2.52. The van der Waals surface area contributed by atoms with Crippen LogP contribution < -0.4 is 32.7 Å². The molecule has 2 amide bonds. The maximum Gasteiger partial charge on any atom is 0.408 e. The van der Waals surface area contributed by atoms with Crippen molar-refractivity contribution in [2.45, 2.75) is 125 Å². The average Bonchev–Trinajstić information content (AvgIpc) is 2.98. The number of nitrogens with one attached hydrogen (secondary N) is 4. The van der Waals surface area contributed by atoms with Crippen molar-refractivity contribution in [3.8, 4) is 0 Å². The van der Waals surface area contributed by atoms with Gasteiger partial charge in [-0.05, 0) is 66.6 Å². The molecule has 0 aromatic rings. The second kappa shape index (κ2) is 17.6. The molecule has 18 heteroatoms. The Morgan fingerprint density at radius 3 is 2.44 bits per heavy atom. The molecule has 0 spiro atoms. The van der Waals surface area contributed by atoms with Crippen molar-refractivity contribution in [2.24, 2.45) is 11.5 Å². The summed E-state index contributed by atoms with van der Waals surface area (Å²) < 4.78 is 29.6. The van der Waals surface area contributed by atoms with Gasteiger partial charge in [-0.3, -0.25) is 4.79 Å². The molecule has 13 N–H and O–H groups in total. The number of alkyl carbamates (subject to hydrolysis) is 1. The van der Waals surface area contributed by atoms with Gasteiger partial charge in [0.05, 0.1) is 37.9 Å². The largest absolute Gasteiger partial charge is 0.466 e. The molecular weight excluding hydrogens is 636 g/mol. The summed E-state index contributed by atoms with van der Waals surface area (Å²) >= 11 is 0. The van der Waals surface area contributed by atoms with Crippen LogP contribution in [0.15, 0.2) is 11.8 Å². The molecule has 0 aromatic heterocycles. The molecule has 0 unspecified atom stereocenters. The molecular formula is C30H56N6O12. The second-order valence-electron chi connectivity index (χ2n) is 13.6. The average molecular weight is 693 g/mol. The number of ether oxygens (including phenoxy) is 5. The normalized spacial score (nSPS) is 36.4. The van der Waals surface area contributed by atoms with Gasteiger partial charge in [-0.25, -0.2) is 4.79 Å². The van der Waals surface area contributed by atoms with Gasteiger partial charge in [0.25, 0.3) is 0 Å². The second-order valence-corrected chi connectivity index (χ2v) is 13.6. The zero-order valence-corrected chi connectivity index (χ0v) is 28.3. The maximum atomic E-state index is 12.8. The summed E-state index contributed by atoms with van der Waals surface area (Å²) in [5.41, 5.74) is 9.81. The van der Waals surface area contributed by atoms with Gasteiger partial charge < -0.3 is 82.0 Å². The third-order valence-corrected chi connectivity index (χ3v) is 8.30. The zero-order chi connectivity index (χ0) is 35.8. The Morgan fingerprint density at radius 2 is 1.81 bits per heavy atom. The molecule has 1 saturated carbocycles. The third kappa shape index (κ3) is 10.9. The van der Waals surface area contributed by atoms with Crippen LogP contribution in [-0.2, 0) is 28.5 Å². The van der Waals surface area contributed by atoms with Crippen LogP contribution >= 0.6 is 0 Å². The zero-order valence-electron chi connectivity index (χ0n) is 28.3. The summed E-state index contributed by atoms with van der Waals surface area (Å²) in [4.78, 5) is 25.5. The highest BCUT2D eigenvalue weighted by atomic mass is 16.7. The molecule has 3 rings (SSSR count). The van der Waals surface area contributed by atoms with Crippen LogP contribution in [0.25, 0.3) is 0 Å². The van der Waals surface area contributed by atoms with Gasteiger partial charge in [-0.15, -0.1) is 0 Å². The highest BCUT2D eigenvalue weighted by Crippen LogP contribution is 2.32. The Bertz CT molecular complexity index is 1080. The summed E-state index contributed by atoms with van der Waals surface area (Å²) in [7, 11) is 1.55. The minimum Gasteiger partial charge on any atom is -0.466 e. The molecule has 0 radical (unpaired) electrons. The van der Waals surface area contributed by atoms with Crippen LogP contribution in [0, 0.1) is 0 Å². The first-order valence-electron chi connectivity index (χ1n) is 16.3. The Labute approximate surface area is 280 Å². The molecule has 2 aliphatic heterocycles. The Hall–Kier alpha value is -2.20. The fourth-order valence-electron chi connectivity index (χ4n) is 5.94. The maximum absolute atomic E-state index is 12.8. The van der Waals surface area contributed by atoms with Crippen LogP contribution in [0.4, 0.5) is 4.79 Å². The van der Waals surface area contributed by atoms with Crippen molar-refractivity contribution in [1.82, 2.24) is 21.3 Å². The van der Waals surface area contributed by atoms with Crippen LogP contribution in [0.2, 0.25) is 0 Å². The van der Waals surface area contributed by atoms with Crippen LogP contribution in [0.5, 0.6) is 0 Å². The fraction of sp³-hybridized carbons (Fsp3) is 0.867. The SMILES string of the molecule is CN[C@@H]1[C@@H](O)[C@@H](O[C@@H]2[C@@H](O)[C@H](O[C@H]3OC(CNCCO)=CC[C@H]3NC(=O)OC(C)(C)C)[C@@H](N)C[C@H]2NC(=O)[C@@H](O)CCN)OC[C@]1(C)O. The minimum atomic E-state index is -1.57. The molecule has 2 fully saturated rings. The smallest absolute Gasteiger partial charge is 0.408 e. The first kappa shape index (κ1) is 40.2. The summed E-state index contributed by atoms with van der Waals surface area (Å²) in [6.45, 7) is 6.94. The van der Waals surface area contributed by atoms with E-state index in [1.807, 2.05) is 0 Å². The predicted octanol–water partition coefficient (Wildman–Crippen LogP) is -3.80. The molecule has 3 aliphatic rings. The lowest BCUT2D eigenvalue weighted by Gasteiger charge is -2.49. The van der Waals surface area contributed by atoms with E-state index in [2.05, 4.69) is 21.3 Å². The molecule has 1 saturated heterocycles. The molecule has 48 heavy (non-hydrogen) atoms. The number of hydrogen-bond donors (Lipinski definition) is 11. The molecule has 0 bridgehead atoms. The Balaban J connectivity index is 1.87. The lowest BCUT2D eigenvalue weighted by molar-refractivity contribution is -0.304. The van der Waals surface area contributed by atoms with E-state index in [0.29, 0.717) is 12.3 Å². The topological polar surface area (TPSA) is 282 Å². The van der Waals surface area contributed by atoms with E-state index in [1.54, 1.807) is 33.9 Å². The monoisotopic (exact) mass is 692 g/mol. The van der Waals surface area contributed by atoms with Gasteiger partial charge in [0.1, 0.15) is 47.5 Å². The van der Waals surface area contributed by atoms with E-state index in [4.69, 9.17) is 40.3 Å². The van der Waals surface area contributed by atoms with Gasteiger partial charge in [0.15, 0.2) is 6.29 Å². The highest BCUT2D eigenvalue weighted by molar-refractivity contribution is 5.80. The number of aliphatic hydroxyl groups excluding tert-OH is 4. The van der Waals surface area contributed by atoms with Crippen LogP contribution in [0.1, 0.15) is 47.0 Å². The van der Waals surface area contributed by atoms with Gasteiger partial charge >= 0.3 is 6.09 Å². The number of carbonyl (C=O) groups excluding carboxylic acids is 2. The van der Waals surface area contributed by atoms with Crippen LogP contribution in [-0.4, -0.2) is 156 Å². The molecule has 2 heterocycles. The van der Waals surface area contributed by atoms with Crippen molar-refractivity contribution in [2.75, 3.05) is 39.9 Å². The van der Waals surface area contributed by atoms with Gasteiger partial charge in [0, 0.05) is 12.6 Å². The van der Waals surface area contributed by atoms with Crippen molar-refractivity contribution in [1.29, 1.82) is 0 Å². The van der Waals surface area contributed by atoms with Crippen molar-refractivity contribution >= 4 is 12.0 Å². The van der Waals surface area contributed by atoms with E-state index >= 15 is 0 Å². The van der Waals surface area contributed by atoms with E-state index < -0.39 is 90.5 Å². The third-order valence-electron chi connectivity index (χ3n) is 8.30. The Morgan fingerprint density at radius 1 is 1.12 bits per heavy atom.